The molecule has 7 atom stereocenters. The average molecular weight is 841 g/mol. The summed E-state index contributed by atoms with van der Waals surface area (Å²) < 4.78 is 46.3. The lowest BCUT2D eigenvalue weighted by molar-refractivity contribution is -0.256. The number of aldehydes is 1. The summed E-state index contributed by atoms with van der Waals surface area (Å²) in [5.74, 6) is -1.23. The highest BCUT2D eigenvalue weighted by Gasteiger charge is 2.65. The summed E-state index contributed by atoms with van der Waals surface area (Å²) >= 11 is 0. The number of carbonyl (C=O) groups excluding carboxylic acids is 2. The van der Waals surface area contributed by atoms with Crippen molar-refractivity contribution in [1.82, 2.24) is 4.90 Å². The molecule has 2 N–H and O–H groups in total. The number of benzene rings is 3. The minimum Gasteiger partial charge on any atom is -0.459 e. The highest BCUT2D eigenvalue weighted by Crippen LogP contribution is 2.62. The molecule has 61 heavy (non-hydrogen) atoms. The van der Waals surface area contributed by atoms with Crippen molar-refractivity contribution >= 4 is 18.1 Å². The first-order valence-electron chi connectivity index (χ1n) is 21.5. The van der Waals surface area contributed by atoms with Gasteiger partial charge in [0, 0.05) is 49.6 Å². The Labute approximate surface area is 356 Å². The molecule has 3 aromatic rings. The Kier molecular flexibility index (Phi) is 14.9. The SMILES string of the molecule is C=CCOC12Oc3ccc(Oc4cccc(C=O)c4)cc3C3C(CCCCO)C(CCCCO)C=C(C(=NOC4CCCCO4)CC1N(Cc1ccc(F)cc1)C(=O)OC)C32. The van der Waals surface area contributed by atoms with E-state index in [0.717, 1.165) is 55.9 Å². The molecule has 2 aliphatic heterocycles. The molecular weight excluding hydrogens is 784 g/mol. The number of oxime groups is 1. The van der Waals surface area contributed by atoms with E-state index in [2.05, 4.69) is 12.7 Å². The molecule has 2 aliphatic carbocycles. The van der Waals surface area contributed by atoms with Gasteiger partial charge >= 0.3 is 6.09 Å². The number of methoxy groups -OCH3 is 1. The molecule has 7 unspecified atom stereocenters. The third-order valence-corrected chi connectivity index (χ3v) is 12.3. The van der Waals surface area contributed by atoms with Crippen molar-refractivity contribution in [3.8, 4) is 17.2 Å². The maximum absolute atomic E-state index is 14.2. The normalized spacial score (nSPS) is 25.9. The zero-order valence-corrected chi connectivity index (χ0v) is 34.8. The number of unbranched alkanes of at least 4 members (excludes halogenated alkanes) is 2. The number of hydrogen-bond acceptors (Lipinski definition) is 11. The molecule has 0 aromatic heterocycles. The monoisotopic (exact) mass is 840 g/mol. The number of aliphatic hydroxyl groups is 2. The number of rotatable bonds is 19. The molecule has 4 aliphatic rings. The van der Waals surface area contributed by atoms with E-state index in [-0.39, 0.29) is 50.5 Å². The molecule has 0 bridgehead atoms. The molecule has 2 heterocycles. The topological polar surface area (TPSA) is 146 Å². The van der Waals surface area contributed by atoms with Gasteiger partial charge in [-0.25, -0.2) is 9.18 Å². The lowest BCUT2D eigenvalue weighted by Gasteiger charge is -2.59. The van der Waals surface area contributed by atoms with E-state index < -0.39 is 35.9 Å². The second kappa shape index (κ2) is 20.7. The zero-order valence-electron chi connectivity index (χ0n) is 34.8. The number of fused-ring (bicyclic) bond motifs is 2. The smallest absolute Gasteiger partial charge is 0.410 e. The Morgan fingerprint density at radius 2 is 1.80 bits per heavy atom. The van der Waals surface area contributed by atoms with Crippen LogP contribution in [0.5, 0.6) is 17.2 Å². The van der Waals surface area contributed by atoms with Crippen LogP contribution in [0, 0.1) is 23.6 Å². The minimum absolute atomic E-state index is 0.0157. The fraction of sp³-hybridized carbons (Fsp3) is 0.479. The van der Waals surface area contributed by atoms with Crippen LogP contribution in [-0.2, 0) is 25.6 Å². The van der Waals surface area contributed by atoms with Crippen LogP contribution < -0.4 is 9.47 Å². The van der Waals surface area contributed by atoms with Gasteiger partial charge in [0.05, 0.1) is 32.0 Å². The van der Waals surface area contributed by atoms with Gasteiger partial charge in [-0.15, -0.1) is 6.58 Å². The lowest BCUT2D eigenvalue weighted by Crippen LogP contribution is -2.70. The minimum atomic E-state index is -1.53. The van der Waals surface area contributed by atoms with Crippen LogP contribution in [0.3, 0.4) is 0 Å². The maximum Gasteiger partial charge on any atom is 0.410 e. The summed E-state index contributed by atoms with van der Waals surface area (Å²) in [5, 5.41) is 24.7. The number of nitrogens with zero attached hydrogens (tertiary/aromatic N) is 2. The molecule has 326 valence electrons. The van der Waals surface area contributed by atoms with Crippen molar-refractivity contribution in [1.29, 1.82) is 0 Å². The Hall–Kier alpha value is -5.08. The second-order valence-electron chi connectivity index (χ2n) is 16.2. The van der Waals surface area contributed by atoms with Crippen LogP contribution in [0.25, 0.3) is 0 Å². The van der Waals surface area contributed by atoms with Crippen LogP contribution in [0.15, 0.2) is 96.2 Å². The van der Waals surface area contributed by atoms with Crippen LogP contribution >= 0.6 is 0 Å². The van der Waals surface area contributed by atoms with Crippen LogP contribution in [0.1, 0.15) is 91.6 Å². The predicted octanol–water partition coefficient (Wildman–Crippen LogP) is 8.86. The number of hydrogen-bond donors (Lipinski definition) is 2. The molecule has 1 saturated heterocycles. The van der Waals surface area contributed by atoms with E-state index in [1.807, 2.05) is 18.2 Å². The number of amides is 1. The molecule has 7 rings (SSSR count). The van der Waals surface area contributed by atoms with Crippen molar-refractivity contribution in [2.24, 2.45) is 22.9 Å². The van der Waals surface area contributed by atoms with E-state index in [9.17, 15) is 24.2 Å². The number of allylic oxidation sites excluding steroid dienone is 1. The summed E-state index contributed by atoms with van der Waals surface area (Å²) in [6, 6.07) is 17.7. The third-order valence-electron chi connectivity index (χ3n) is 12.3. The molecule has 12 nitrogen and oxygen atoms in total. The quantitative estimate of drug-likeness (QED) is 0.0520. The Balaban J connectivity index is 1.45. The Morgan fingerprint density at radius 1 is 1.02 bits per heavy atom. The van der Waals surface area contributed by atoms with E-state index in [0.29, 0.717) is 60.0 Å². The summed E-state index contributed by atoms with van der Waals surface area (Å²) in [6.45, 7) is 4.81. The second-order valence-corrected chi connectivity index (χ2v) is 16.2. The summed E-state index contributed by atoms with van der Waals surface area (Å²) in [6.07, 6.45) is 10.6. The van der Waals surface area contributed by atoms with Crippen molar-refractivity contribution in [2.45, 2.75) is 94.8 Å². The van der Waals surface area contributed by atoms with Gasteiger partial charge in [0.25, 0.3) is 0 Å². The van der Waals surface area contributed by atoms with Gasteiger partial charge in [0.15, 0.2) is 0 Å². The van der Waals surface area contributed by atoms with E-state index in [1.165, 1.54) is 19.2 Å². The molecule has 2 fully saturated rings. The van der Waals surface area contributed by atoms with Crippen molar-refractivity contribution in [3.05, 3.63) is 114 Å². The Bertz CT molecular complexity index is 2030. The zero-order chi connectivity index (χ0) is 42.8. The first-order valence-corrected chi connectivity index (χ1v) is 21.5. The first-order chi connectivity index (χ1) is 29.8. The molecule has 0 radical (unpaired) electrons. The fourth-order valence-corrected chi connectivity index (χ4v) is 9.62. The van der Waals surface area contributed by atoms with Crippen molar-refractivity contribution < 1.29 is 52.7 Å². The number of ether oxygens (including phenoxy) is 5. The van der Waals surface area contributed by atoms with Gasteiger partial charge in [-0.3, -0.25) is 9.69 Å². The molecule has 3 aromatic carbocycles. The third kappa shape index (κ3) is 9.86. The molecular formula is C48H57FN2O10. The Morgan fingerprint density at radius 3 is 2.52 bits per heavy atom. The van der Waals surface area contributed by atoms with Crippen molar-refractivity contribution in [3.63, 3.8) is 0 Å². The first kappa shape index (κ1) is 44.0. The predicted molar refractivity (Wildman–Crippen MR) is 226 cm³/mol. The van der Waals surface area contributed by atoms with Gasteiger partial charge in [-0.2, -0.15) is 0 Å². The number of aliphatic hydroxyl groups excluding tert-OH is 2. The molecule has 0 spiro atoms. The van der Waals surface area contributed by atoms with E-state index in [4.69, 9.17) is 33.7 Å². The molecule has 1 saturated carbocycles. The maximum atomic E-state index is 14.2. The molecule has 1 amide bonds. The van der Waals surface area contributed by atoms with Gasteiger partial charge in [0.2, 0.25) is 12.1 Å². The number of carbonyl (C=O) groups is 2. The van der Waals surface area contributed by atoms with Gasteiger partial charge in [-0.1, -0.05) is 54.4 Å². The average Bonchev–Trinajstić information content (AvgIpc) is 3.29. The standard InChI is InChI=1S/C48H57FN2O10/c1-3-24-58-48-43(51(47(55)56-2)30-32-16-18-35(49)19-17-32)29-41(50-61-44-15-6-9-25-57-44)39-27-34(12-4-7-22-52)38(14-5-8-23-53)45(46(39)48)40-28-37(20-21-42(40)60-48)59-36-13-10-11-33(26-36)31-54/h3,10-11,13,16-21,26-28,31,34,38,43-46,52-53H,1,4-9,12,14-15,22-25,29-30H2,2H3. The van der Waals surface area contributed by atoms with E-state index >= 15 is 0 Å². The van der Waals surface area contributed by atoms with Crippen molar-refractivity contribution in [2.75, 3.05) is 33.5 Å². The number of halogens is 1. The summed E-state index contributed by atoms with van der Waals surface area (Å²) in [7, 11) is 1.32. The highest BCUT2D eigenvalue weighted by atomic mass is 19.1. The van der Waals surface area contributed by atoms with Gasteiger partial charge < -0.3 is 38.7 Å². The summed E-state index contributed by atoms with van der Waals surface area (Å²) in [5.41, 5.74) is 3.51. The van der Waals surface area contributed by atoms with Crippen LogP contribution in [-0.4, -0.2) is 84.9 Å². The lowest BCUT2D eigenvalue weighted by atomic mass is 9.55. The van der Waals surface area contributed by atoms with E-state index in [1.54, 1.807) is 47.4 Å². The fourth-order valence-electron chi connectivity index (χ4n) is 9.62. The van der Waals surface area contributed by atoms with Gasteiger partial charge in [0.1, 0.15) is 35.4 Å². The molecule has 13 heteroatoms. The van der Waals surface area contributed by atoms with Crippen LogP contribution in [0.4, 0.5) is 9.18 Å². The summed E-state index contributed by atoms with van der Waals surface area (Å²) in [4.78, 5) is 33.6. The largest absolute Gasteiger partial charge is 0.459 e. The van der Waals surface area contributed by atoms with Crippen LogP contribution in [0.2, 0.25) is 0 Å². The van der Waals surface area contributed by atoms with Gasteiger partial charge in [-0.05, 0) is 104 Å². The highest BCUT2D eigenvalue weighted by molar-refractivity contribution is 6.03.